The summed E-state index contributed by atoms with van der Waals surface area (Å²) in [6, 6.07) is 29.4. The third-order valence-electron chi connectivity index (χ3n) is 8.96. The van der Waals surface area contributed by atoms with Crippen molar-refractivity contribution >= 4 is 13.8 Å². The van der Waals surface area contributed by atoms with Gasteiger partial charge in [-0.15, -0.1) is 0 Å². The molecular weight excluding hydrogens is 721 g/mol. The van der Waals surface area contributed by atoms with E-state index in [1.165, 1.54) is 25.7 Å². The summed E-state index contributed by atoms with van der Waals surface area (Å²) in [5.41, 5.74) is 1.48. The van der Waals surface area contributed by atoms with Crippen LogP contribution in [0.4, 0.5) is 0 Å². The SMILES string of the molecule is CCCCC/C=C\C/C=C\C/C=C\C/C=C\CCCC(=O)O[C@H](COC(c1ccccc1)(c1ccccc1)c1ccccc1)COP(=O)([O-])OCC[N+](C)(C)C. The zero-order chi connectivity index (χ0) is 40.4. The summed E-state index contributed by atoms with van der Waals surface area (Å²) in [5.74, 6) is -0.463. The van der Waals surface area contributed by atoms with Crippen LogP contribution in [0.1, 0.15) is 87.8 Å². The van der Waals surface area contributed by atoms with E-state index >= 15 is 0 Å². The van der Waals surface area contributed by atoms with Gasteiger partial charge in [0.1, 0.15) is 24.9 Å². The number of phosphoric acid groups is 1. The van der Waals surface area contributed by atoms with Gasteiger partial charge in [-0.25, -0.2) is 0 Å². The van der Waals surface area contributed by atoms with Crippen LogP contribution in [0.25, 0.3) is 0 Å². The molecule has 0 aromatic heterocycles. The van der Waals surface area contributed by atoms with Crippen LogP contribution in [0.15, 0.2) is 140 Å². The van der Waals surface area contributed by atoms with E-state index in [0.29, 0.717) is 23.9 Å². The van der Waals surface area contributed by atoms with Gasteiger partial charge in [0.05, 0.1) is 34.4 Å². The number of nitrogens with zero attached hydrogens (tertiary/aromatic N) is 1. The molecule has 0 heterocycles. The second kappa shape index (κ2) is 26.1. The van der Waals surface area contributed by atoms with Gasteiger partial charge >= 0.3 is 5.97 Å². The maximum absolute atomic E-state index is 13.2. The van der Waals surface area contributed by atoms with Crippen LogP contribution in [-0.2, 0) is 33.5 Å². The van der Waals surface area contributed by atoms with Crippen LogP contribution < -0.4 is 4.89 Å². The van der Waals surface area contributed by atoms with Crippen molar-refractivity contribution < 1.29 is 37.3 Å². The number of carbonyl (C=O) groups excluding carboxylic acids is 1. The number of ether oxygens (including phenoxy) is 2. The standard InChI is InChI=1S/C47H64NO7P/c1-5-6-7-8-9-10-11-12-13-14-15-16-17-18-19-20-30-37-46(49)55-45(41-54-56(50,51)53-39-38-48(2,3)4)40-52-47(42-31-24-21-25-32-42,43-33-26-22-27-34-43)44-35-28-23-29-36-44/h9-10,12-13,15-16,18-19,21-29,31-36,45H,5-8,11,14,17,20,30,37-41H2,1-4H3/b10-9-,13-12-,16-15-,19-18-/t45-/m1/s1. The van der Waals surface area contributed by atoms with E-state index in [4.69, 9.17) is 18.5 Å². The topological polar surface area (TPSA) is 94.1 Å². The monoisotopic (exact) mass is 785 g/mol. The Kier molecular flexibility index (Phi) is 21.7. The number of carbonyl (C=O) groups is 1. The molecule has 56 heavy (non-hydrogen) atoms. The molecule has 1 unspecified atom stereocenters. The van der Waals surface area contributed by atoms with Crippen molar-refractivity contribution in [3.05, 3.63) is 156 Å². The Bertz CT molecular complexity index is 1570. The van der Waals surface area contributed by atoms with Gasteiger partial charge in [-0.1, -0.05) is 159 Å². The van der Waals surface area contributed by atoms with Gasteiger partial charge in [-0.3, -0.25) is 9.36 Å². The highest BCUT2D eigenvalue weighted by Gasteiger charge is 2.38. The lowest BCUT2D eigenvalue weighted by atomic mass is 9.80. The number of quaternary nitrogens is 1. The number of unbranched alkanes of at least 4 members (excludes halogenated alkanes) is 4. The van der Waals surface area contributed by atoms with Crippen molar-refractivity contribution in [2.45, 2.75) is 82.8 Å². The number of hydrogen-bond acceptors (Lipinski definition) is 7. The molecule has 0 aliphatic heterocycles. The molecule has 0 N–H and O–H groups in total. The minimum Gasteiger partial charge on any atom is -0.756 e. The molecule has 3 rings (SSSR count). The maximum Gasteiger partial charge on any atom is 0.306 e. The number of hydrogen-bond donors (Lipinski definition) is 0. The molecule has 0 bridgehead atoms. The predicted molar refractivity (Wildman–Crippen MR) is 226 cm³/mol. The fourth-order valence-corrected chi connectivity index (χ4v) is 6.64. The smallest absolute Gasteiger partial charge is 0.306 e. The molecule has 2 atom stereocenters. The lowest BCUT2D eigenvalue weighted by Gasteiger charge is -2.37. The maximum atomic E-state index is 13.2. The molecule has 0 saturated carbocycles. The zero-order valence-corrected chi connectivity index (χ0v) is 34.9. The Morgan fingerprint density at radius 1 is 0.679 bits per heavy atom. The molecule has 0 saturated heterocycles. The van der Waals surface area contributed by atoms with E-state index in [2.05, 4.69) is 55.5 Å². The summed E-state index contributed by atoms with van der Waals surface area (Å²) < 4.78 is 36.5. The zero-order valence-electron chi connectivity index (χ0n) is 34.0. The fraction of sp³-hybridized carbons (Fsp3) is 0.426. The van der Waals surface area contributed by atoms with E-state index in [9.17, 15) is 14.3 Å². The summed E-state index contributed by atoms with van der Waals surface area (Å²) in [6.07, 6.45) is 25.5. The minimum absolute atomic E-state index is 0.0398. The molecule has 0 aliphatic carbocycles. The first kappa shape index (κ1) is 46.5. The summed E-state index contributed by atoms with van der Waals surface area (Å²) in [7, 11) is 1.12. The van der Waals surface area contributed by atoms with Crippen molar-refractivity contribution in [3.8, 4) is 0 Å². The Morgan fingerprint density at radius 3 is 1.61 bits per heavy atom. The Labute approximate surface area is 336 Å². The number of allylic oxidation sites excluding steroid dienone is 8. The van der Waals surface area contributed by atoms with Gasteiger partial charge in [-0.2, -0.15) is 0 Å². The molecule has 3 aromatic carbocycles. The quantitative estimate of drug-likeness (QED) is 0.0181. The van der Waals surface area contributed by atoms with Crippen LogP contribution in [0, 0.1) is 0 Å². The minimum atomic E-state index is -4.70. The van der Waals surface area contributed by atoms with Crippen molar-refractivity contribution in [3.63, 3.8) is 0 Å². The molecular formula is C47H64NO7P. The first-order valence-corrected chi connectivity index (χ1v) is 21.5. The highest BCUT2D eigenvalue weighted by molar-refractivity contribution is 7.45. The summed E-state index contributed by atoms with van der Waals surface area (Å²) in [6.45, 7) is 2.04. The number of rotatable bonds is 28. The largest absolute Gasteiger partial charge is 0.756 e. The van der Waals surface area contributed by atoms with Gasteiger partial charge in [0.2, 0.25) is 0 Å². The van der Waals surface area contributed by atoms with Crippen molar-refractivity contribution in [1.29, 1.82) is 0 Å². The van der Waals surface area contributed by atoms with E-state index in [1.807, 2.05) is 112 Å². The first-order valence-electron chi connectivity index (χ1n) is 20.1. The summed E-state index contributed by atoms with van der Waals surface area (Å²) in [4.78, 5) is 26.0. The Hall–Kier alpha value is -3.88. The van der Waals surface area contributed by atoms with E-state index < -0.39 is 32.1 Å². The average molecular weight is 786 g/mol. The molecule has 304 valence electrons. The second-order valence-electron chi connectivity index (χ2n) is 14.8. The summed E-state index contributed by atoms with van der Waals surface area (Å²) >= 11 is 0. The van der Waals surface area contributed by atoms with Gasteiger partial charge in [0.25, 0.3) is 7.82 Å². The summed E-state index contributed by atoms with van der Waals surface area (Å²) in [5, 5.41) is 0. The Balaban J connectivity index is 1.63. The van der Waals surface area contributed by atoms with Gasteiger partial charge in [0, 0.05) is 6.42 Å². The average Bonchev–Trinajstić information content (AvgIpc) is 3.19. The number of benzene rings is 3. The lowest BCUT2D eigenvalue weighted by molar-refractivity contribution is -0.870. The molecule has 0 fully saturated rings. The molecule has 3 aromatic rings. The molecule has 0 amide bonds. The van der Waals surface area contributed by atoms with Crippen molar-refractivity contribution in [2.24, 2.45) is 0 Å². The van der Waals surface area contributed by atoms with Crippen LogP contribution in [0.2, 0.25) is 0 Å². The molecule has 8 nitrogen and oxygen atoms in total. The van der Waals surface area contributed by atoms with E-state index in [-0.39, 0.29) is 19.6 Å². The third-order valence-corrected chi connectivity index (χ3v) is 9.93. The van der Waals surface area contributed by atoms with Gasteiger partial charge in [0.15, 0.2) is 0 Å². The number of likely N-dealkylation sites (N-methyl/N-ethyl adjacent to an activating group) is 1. The normalized spacial score (nSPS) is 14.2. The predicted octanol–water partition coefficient (Wildman–Crippen LogP) is 10.3. The molecule has 0 spiro atoms. The van der Waals surface area contributed by atoms with Crippen LogP contribution >= 0.6 is 7.82 Å². The van der Waals surface area contributed by atoms with E-state index in [0.717, 1.165) is 36.0 Å². The van der Waals surface area contributed by atoms with Crippen molar-refractivity contribution in [1.82, 2.24) is 0 Å². The fourth-order valence-electron chi connectivity index (χ4n) is 5.91. The van der Waals surface area contributed by atoms with Crippen LogP contribution in [0.3, 0.4) is 0 Å². The van der Waals surface area contributed by atoms with Crippen molar-refractivity contribution in [2.75, 3.05) is 47.5 Å². The van der Waals surface area contributed by atoms with Gasteiger partial charge < -0.3 is 27.9 Å². The highest BCUT2D eigenvalue weighted by Crippen LogP contribution is 2.41. The molecule has 0 radical (unpaired) electrons. The lowest BCUT2D eigenvalue weighted by Crippen LogP contribution is -2.39. The van der Waals surface area contributed by atoms with Crippen LogP contribution in [-0.4, -0.2) is 64.1 Å². The Morgan fingerprint density at radius 2 is 1.14 bits per heavy atom. The highest BCUT2D eigenvalue weighted by atomic mass is 31.2. The van der Waals surface area contributed by atoms with Crippen LogP contribution in [0.5, 0.6) is 0 Å². The first-order chi connectivity index (χ1) is 27.1. The number of esters is 1. The van der Waals surface area contributed by atoms with Gasteiger partial charge in [-0.05, 0) is 61.6 Å². The third kappa shape index (κ3) is 18.4. The molecule has 9 heteroatoms. The van der Waals surface area contributed by atoms with E-state index in [1.54, 1.807) is 0 Å². The number of phosphoric ester groups is 1. The second-order valence-corrected chi connectivity index (χ2v) is 16.2. The molecule has 0 aliphatic rings.